The number of primary amides is 1. The summed E-state index contributed by atoms with van der Waals surface area (Å²) in [6, 6.07) is 3.35. The Morgan fingerprint density at radius 1 is 1.57 bits per heavy atom. The zero-order valence-corrected chi connectivity index (χ0v) is 8.30. The van der Waals surface area contributed by atoms with Crippen molar-refractivity contribution in [1.29, 1.82) is 0 Å². The molecule has 0 fully saturated rings. The maximum absolute atomic E-state index is 11.6. The predicted molar refractivity (Wildman–Crippen MR) is 55.6 cm³/mol. The Labute approximate surface area is 83.6 Å². The van der Waals surface area contributed by atoms with E-state index in [2.05, 4.69) is 0 Å². The van der Waals surface area contributed by atoms with Crippen molar-refractivity contribution in [2.24, 2.45) is 12.8 Å². The van der Waals surface area contributed by atoms with E-state index in [9.17, 15) is 9.59 Å². The number of nitrogens with two attached hydrogens (primary N) is 1. The first-order valence-electron chi connectivity index (χ1n) is 3.98. The highest BCUT2D eigenvalue weighted by atomic mass is 32.1. The molecule has 0 aliphatic heterocycles. The van der Waals surface area contributed by atoms with Gasteiger partial charge in [0.2, 0.25) is 0 Å². The van der Waals surface area contributed by atoms with E-state index in [0.717, 1.165) is 4.70 Å². The minimum Gasteiger partial charge on any atom is -0.365 e. The summed E-state index contributed by atoms with van der Waals surface area (Å²) in [6.07, 6.45) is 1.67. The molecule has 14 heavy (non-hydrogen) atoms. The number of carbonyl (C=O) groups is 1. The van der Waals surface area contributed by atoms with Gasteiger partial charge in [-0.25, -0.2) is 0 Å². The Morgan fingerprint density at radius 2 is 2.29 bits per heavy atom. The van der Waals surface area contributed by atoms with Gasteiger partial charge in [-0.15, -0.1) is 11.3 Å². The smallest absolute Gasteiger partial charge is 0.259 e. The van der Waals surface area contributed by atoms with Crippen LogP contribution in [0, 0.1) is 0 Å². The molecular formula is C9H8N2O2S. The number of hydrogen-bond acceptors (Lipinski definition) is 3. The first-order chi connectivity index (χ1) is 6.59. The van der Waals surface area contributed by atoms with Gasteiger partial charge in [0.25, 0.3) is 11.5 Å². The van der Waals surface area contributed by atoms with Crippen LogP contribution < -0.4 is 11.3 Å². The topological polar surface area (TPSA) is 65.1 Å². The molecule has 72 valence electrons. The molecule has 0 unspecified atom stereocenters. The number of carbonyl (C=O) groups excluding carboxylic acids is 1. The van der Waals surface area contributed by atoms with Crippen LogP contribution in [0.2, 0.25) is 0 Å². The fourth-order valence-electron chi connectivity index (χ4n) is 1.25. The van der Waals surface area contributed by atoms with Crippen molar-refractivity contribution in [2.75, 3.05) is 0 Å². The Kier molecular flexibility index (Phi) is 1.89. The summed E-state index contributed by atoms with van der Waals surface area (Å²) < 4.78 is 2.27. The van der Waals surface area contributed by atoms with Crippen LogP contribution in [-0.2, 0) is 7.05 Å². The molecule has 0 bridgehead atoms. The fraction of sp³-hybridized carbons (Fsp3) is 0.111. The van der Waals surface area contributed by atoms with Crippen molar-refractivity contribution in [2.45, 2.75) is 0 Å². The number of rotatable bonds is 1. The van der Waals surface area contributed by atoms with E-state index >= 15 is 0 Å². The van der Waals surface area contributed by atoms with Gasteiger partial charge in [-0.2, -0.15) is 0 Å². The molecular weight excluding hydrogens is 200 g/mol. The summed E-state index contributed by atoms with van der Waals surface area (Å²) >= 11 is 1.24. The van der Waals surface area contributed by atoms with Crippen LogP contribution in [0.15, 0.2) is 23.1 Å². The maximum atomic E-state index is 11.6. The number of aryl methyl sites for hydroxylation is 1. The number of nitrogens with zero attached hydrogens (tertiary/aromatic N) is 1. The number of thiophene rings is 1. The lowest BCUT2D eigenvalue weighted by molar-refractivity contribution is 0.100. The summed E-state index contributed by atoms with van der Waals surface area (Å²) in [5.74, 6) is -0.492. The zero-order chi connectivity index (χ0) is 10.3. The van der Waals surface area contributed by atoms with E-state index in [1.54, 1.807) is 25.4 Å². The average molecular weight is 208 g/mol. The molecule has 0 aliphatic rings. The molecule has 0 radical (unpaired) electrons. The van der Waals surface area contributed by atoms with Crippen LogP contribution in [0.1, 0.15) is 9.67 Å². The van der Waals surface area contributed by atoms with Gasteiger partial charge in [-0.3, -0.25) is 9.59 Å². The van der Waals surface area contributed by atoms with Gasteiger partial charge in [0, 0.05) is 17.9 Å². The van der Waals surface area contributed by atoms with E-state index in [0.29, 0.717) is 10.3 Å². The van der Waals surface area contributed by atoms with Gasteiger partial charge in [0.1, 0.15) is 0 Å². The number of pyridine rings is 1. The molecule has 0 spiro atoms. The predicted octanol–water partition coefficient (Wildman–Crippen LogP) is 0.699. The zero-order valence-electron chi connectivity index (χ0n) is 7.48. The van der Waals surface area contributed by atoms with Crippen LogP contribution in [0.5, 0.6) is 0 Å². The number of hydrogen-bond donors (Lipinski definition) is 1. The second-order valence-electron chi connectivity index (χ2n) is 2.98. The number of amides is 1. The highest BCUT2D eigenvalue weighted by Crippen LogP contribution is 2.21. The second kappa shape index (κ2) is 2.95. The third-order valence-electron chi connectivity index (χ3n) is 2.00. The Hall–Kier alpha value is -1.62. The quantitative estimate of drug-likeness (QED) is 0.749. The first-order valence-corrected chi connectivity index (χ1v) is 4.80. The lowest BCUT2D eigenvalue weighted by atomic mass is 10.3. The SMILES string of the molecule is Cn1ccc2sc(C(N)=O)cc2c1=O. The van der Waals surface area contributed by atoms with Crippen molar-refractivity contribution < 1.29 is 4.79 Å². The molecule has 0 saturated heterocycles. The van der Waals surface area contributed by atoms with Gasteiger partial charge < -0.3 is 10.3 Å². The lowest BCUT2D eigenvalue weighted by Gasteiger charge is -1.94. The van der Waals surface area contributed by atoms with Gasteiger partial charge in [0.05, 0.1) is 10.3 Å². The summed E-state index contributed by atoms with van der Waals surface area (Å²) in [6.45, 7) is 0. The number of aromatic nitrogens is 1. The molecule has 2 N–H and O–H groups in total. The van der Waals surface area contributed by atoms with Crippen molar-refractivity contribution in [3.63, 3.8) is 0 Å². The van der Waals surface area contributed by atoms with Crippen molar-refractivity contribution >= 4 is 27.3 Å². The number of fused-ring (bicyclic) bond motifs is 1. The normalized spacial score (nSPS) is 10.6. The van der Waals surface area contributed by atoms with E-state index in [-0.39, 0.29) is 5.56 Å². The van der Waals surface area contributed by atoms with Crippen molar-refractivity contribution in [1.82, 2.24) is 4.57 Å². The summed E-state index contributed by atoms with van der Waals surface area (Å²) in [4.78, 5) is 22.9. The van der Waals surface area contributed by atoms with Crippen LogP contribution in [0.4, 0.5) is 0 Å². The van der Waals surface area contributed by atoms with Gasteiger partial charge >= 0.3 is 0 Å². The molecule has 2 heterocycles. The van der Waals surface area contributed by atoms with Gasteiger partial charge in [-0.05, 0) is 12.1 Å². The Morgan fingerprint density at radius 3 is 2.93 bits per heavy atom. The van der Waals surface area contributed by atoms with Crippen LogP contribution in [0.25, 0.3) is 10.1 Å². The maximum Gasteiger partial charge on any atom is 0.259 e. The molecule has 0 aliphatic carbocycles. The fourth-order valence-corrected chi connectivity index (χ4v) is 2.15. The minimum atomic E-state index is -0.492. The third-order valence-corrected chi connectivity index (χ3v) is 3.12. The molecule has 4 nitrogen and oxygen atoms in total. The molecule has 1 amide bonds. The summed E-state index contributed by atoms with van der Waals surface area (Å²) in [5, 5.41) is 0.550. The lowest BCUT2D eigenvalue weighted by Crippen LogP contribution is -2.14. The minimum absolute atomic E-state index is 0.105. The molecule has 2 aromatic heterocycles. The molecule has 5 heteroatoms. The monoisotopic (exact) mass is 208 g/mol. The van der Waals surface area contributed by atoms with Crippen LogP contribution in [0.3, 0.4) is 0 Å². The van der Waals surface area contributed by atoms with Crippen LogP contribution >= 0.6 is 11.3 Å². The summed E-state index contributed by atoms with van der Waals surface area (Å²) in [5.41, 5.74) is 5.02. The van der Waals surface area contributed by atoms with Gasteiger partial charge in [0.15, 0.2) is 0 Å². The van der Waals surface area contributed by atoms with Crippen molar-refractivity contribution in [3.05, 3.63) is 33.6 Å². The van der Waals surface area contributed by atoms with Crippen LogP contribution in [-0.4, -0.2) is 10.5 Å². The molecule has 0 aromatic carbocycles. The van der Waals surface area contributed by atoms with E-state index < -0.39 is 5.91 Å². The third kappa shape index (κ3) is 1.22. The van der Waals surface area contributed by atoms with E-state index in [1.807, 2.05) is 0 Å². The largest absolute Gasteiger partial charge is 0.365 e. The standard InChI is InChI=1S/C9H8N2O2S/c1-11-3-2-6-5(9(11)13)4-7(14-6)8(10)12/h2-4H,1H3,(H2,10,12). The highest BCUT2D eigenvalue weighted by molar-refractivity contribution is 7.20. The molecule has 0 atom stereocenters. The molecule has 2 aromatic rings. The van der Waals surface area contributed by atoms with E-state index in [1.165, 1.54) is 15.9 Å². The van der Waals surface area contributed by atoms with Crippen molar-refractivity contribution in [3.8, 4) is 0 Å². The Bertz CT molecular complexity index is 568. The first kappa shape index (κ1) is 8.96. The molecule has 2 rings (SSSR count). The second-order valence-corrected chi connectivity index (χ2v) is 4.07. The Balaban J connectivity index is 2.84. The average Bonchev–Trinajstić information content (AvgIpc) is 2.56. The van der Waals surface area contributed by atoms with Gasteiger partial charge in [-0.1, -0.05) is 0 Å². The summed E-state index contributed by atoms with van der Waals surface area (Å²) in [7, 11) is 1.67. The van der Waals surface area contributed by atoms with E-state index in [4.69, 9.17) is 5.73 Å². The molecule has 0 saturated carbocycles. The highest BCUT2D eigenvalue weighted by Gasteiger charge is 2.09.